The van der Waals surface area contributed by atoms with Gasteiger partial charge in [0.05, 0.1) is 12.5 Å². The van der Waals surface area contributed by atoms with Crippen LogP contribution < -0.4 is 10.6 Å². The van der Waals surface area contributed by atoms with Crippen LogP contribution in [-0.4, -0.2) is 63.7 Å². The van der Waals surface area contributed by atoms with E-state index in [0.717, 1.165) is 37.4 Å². The van der Waals surface area contributed by atoms with Crippen molar-refractivity contribution >= 4 is 0 Å². The molecule has 8 heterocycles. The first kappa shape index (κ1) is 80.7. The molecule has 0 fully saturated rings. The highest BCUT2D eigenvalue weighted by molar-refractivity contribution is 5.29. The second-order valence-electron chi connectivity index (χ2n) is 29.3. The lowest BCUT2D eigenvalue weighted by Crippen LogP contribution is -2.12. The van der Waals surface area contributed by atoms with E-state index in [9.17, 15) is 0 Å². The first-order valence-electron chi connectivity index (χ1n) is 34.5. The van der Waals surface area contributed by atoms with E-state index >= 15 is 0 Å². The third-order valence-corrected chi connectivity index (χ3v) is 16.3. The van der Waals surface area contributed by atoms with E-state index in [-0.39, 0.29) is 0 Å². The van der Waals surface area contributed by atoms with Gasteiger partial charge in [0.1, 0.15) is 0 Å². The van der Waals surface area contributed by atoms with Crippen molar-refractivity contribution in [2.24, 2.45) is 23.7 Å². The largest absolute Gasteiger partial charge is 0.388 e. The van der Waals surface area contributed by atoms with Gasteiger partial charge in [-0.1, -0.05) is 191 Å². The van der Waals surface area contributed by atoms with Crippen LogP contribution in [0, 0.1) is 23.7 Å². The second-order valence-corrected chi connectivity index (χ2v) is 29.3. The van der Waals surface area contributed by atoms with Crippen molar-refractivity contribution in [3.05, 3.63) is 147 Å². The third-order valence-electron chi connectivity index (χ3n) is 16.3. The van der Waals surface area contributed by atoms with Crippen molar-refractivity contribution < 1.29 is 0 Å². The summed E-state index contributed by atoms with van der Waals surface area (Å²) in [5.41, 5.74) is 18.9. The smallest absolute Gasteiger partial charge is 0.0950 e. The molecule has 0 amide bonds. The second kappa shape index (κ2) is 40.5. The fourth-order valence-electron chi connectivity index (χ4n) is 11.3. The van der Waals surface area contributed by atoms with Gasteiger partial charge in [-0.2, -0.15) is 10.2 Å². The maximum Gasteiger partial charge on any atom is 0.0950 e. The van der Waals surface area contributed by atoms with Gasteiger partial charge in [0, 0.05) is 109 Å². The number of allylic oxidation sites excluding steroid dienone is 1. The lowest BCUT2D eigenvalue weighted by Gasteiger charge is -2.14. The molecule has 0 aromatic carbocycles. The number of imidazole rings is 1. The molecular weight excluding hydrogens is 1080 g/mol. The quantitative estimate of drug-likeness (QED) is 0.0618. The molecular formula is C77H137N11. The molecule has 0 spiro atoms. The summed E-state index contributed by atoms with van der Waals surface area (Å²) in [5, 5.41) is 18.2. The van der Waals surface area contributed by atoms with E-state index in [2.05, 4.69) is 319 Å². The number of aromatic nitrogens is 9. The van der Waals surface area contributed by atoms with Crippen LogP contribution >= 0.6 is 0 Å². The molecule has 500 valence electrons. The number of nitrogens with one attached hydrogen (secondary N) is 5. The zero-order valence-electron chi connectivity index (χ0n) is 62.7. The first-order valence-corrected chi connectivity index (χ1v) is 34.5. The molecule has 2 aliphatic rings. The molecule has 8 rings (SSSR count). The molecule has 0 aliphatic carbocycles. The Bertz CT molecular complexity index is 2210. The van der Waals surface area contributed by atoms with Crippen molar-refractivity contribution in [3.8, 4) is 0 Å². The molecule has 88 heavy (non-hydrogen) atoms. The number of aromatic amines is 3. The molecule has 6 aromatic rings. The molecule has 0 saturated heterocycles. The SMILES string of the molecule is CC(C)C1=C(C(C)C)CNC1.CC(C)C1=C(C(C)C)NCC1.CC(C)c1c[nH]cc1C(C)C.CC(C)c1cc[nH]c1C(C)C.CC(C)c1cccn1C(C)C.CC(C)c1ccnn1C(C)C.CC(C)c1cn[nH]c1C(C)C.CC(C)c1cncn1C(C)C. The maximum absolute atomic E-state index is 4.25. The minimum atomic E-state index is 0.474. The van der Waals surface area contributed by atoms with E-state index in [0.29, 0.717) is 77.3 Å². The summed E-state index contributed by atoms with van der Waals surface area (Å²) in [7, 11) is 0. The van der Waals surface area contributed by atoms with Gasteiger partial charge in [-0.25, -0.2) is 4.98 Å². The van der Waals surface area contributed by atoms with Crippen molar-refractivity contribution in [2.75, 3.05) is 19.6 Å². The van der Waals surface area contributed by atoms with Crippen molar-refractivity contribution in [1.29, 1.82) is 0 Å². The Labute approximate surface area is 541 Å². The summed E-state index contributed by atoms with van der Waals surface area (Å²) in [5.74, 6) is 8.27. The number of nitrogens with zero attached hydrogens (tertiary/aromatic N) is 6. The lowest BCUT2D eigenvalue weighted by molar-refractivity contribution is 0.498. The standard InChI is InChI=1S/C10H19N.2C10H17N.C10H19N.C10H17N.3C9H16N2/c2*1-7(2)9-5-11-6-10(9)8(3)4;1-8(2)10-6-5-7-11(10)9(3)4;2*1-7(2)9-5-6-11-10(9)8(3)4;1-7(2)9-5-10-6-11(9)8(3)4;1-7(2)9-5-6-10-11(9)8(3)4;1-6(2)8-5-10-11-9(8)7(3)4/h7-8,11H,5-6H2,1-4H3;5-8,11H,1-4H3;5-9H,1-4H3;7-8,11H,5-6H2,1-4H3;5-8,11H,1-4H3;2*5-8H,1-4H3;5-7H,1-4H3,(H,10,11). The van der Waals surface area contributed by atoms with Crippen LogP contribution in [0.3, 0.4) is 0 Å². The summed E-state index contributed by atoms with van der Waals surface area (Å²) in [6.45, 7) is 74.5. The predicted molar refractivity (Wildman–Crippen MR) is 386 cm³/mol. The Morgan fingerprint density at radius 2 is 0.909 bits per heavy atom. The molecule has 11 heteroatoms. The maximum atomic E-state index is 4.25. The van der Waals surface area contributed by atoms with Gasteiger partial charge in [-0.3, -0.25) is 9.78 Å². The number of hydrogen-bond donors (Lipinski definition) is 5. The van der Waals surface area contributed by atoms with E-state index in [1.54, 1.807) is 16.7 Å². The van der Waals surface area contributed by atoms with Crippen LogP contribution in [0.5, 0.6) is 0 Å². The number of rotatable bonds is 16. The monoisotopic (exact) mass is 1220 g/mol. The molecule has 11 nitrogen and oxygen atoms in total. The highest BCUT2D eigenvalue weighted by atomic mass is 15.3. The molecule has 0 saturated carbocycles. The third kappa shape index (κ3) is 26.7. The zero-order valence-corrected chi connectivity index (χ0v) is 62.7. The molecule has 0 radical (unpaired) electrons. The van der Waals surface area contributed by atoms with Gasteiger partial charge in [0.15, 0.2) is 0 Å². The Hall–Kier alpha value is -5.29. The normalized spacial score (nSPS) is 13.3. The van der Waals surface area contributed by atoms with Gasteiger partial charge in [-0.05, 0) is 177 Å². The Kier molecular flexibility index (Phi) is 37.1. The zero-order chi connectivity index (χ0) is 67.4. The molecule has 2 aliphatic heterocycles. The van der Waals surface area contributed by atoms with Crippen molar-refractivity contribution in [3.63, 3.8) is 0 Å². The van der Waals surface area contributed by atoms with Gasteiger partial charge in [0.2, 0.25) is 0 Å². The predicted octanol–water partition coefficient (Wildman–Crippen LogP) is 22.3. The minimum Gasteiger partial charge on any atom is -0.388 e. The van der Waals surface area contributed by atoms with Crippen LogP contribution in [0.15, 0.2) is 96.4 Å². The highest BCUT2D eigenvalue weighted by Crippen LogP contribution is 2.29. The van der Waals surface area contributed by atoms with Gasteiger partial charge in [-0.15, -0.1) is 0 Å². The molecule has 0 bridgehead atoms. The lowest BCUT2D eigenvalue weighted by atomic mass is 9.93. The van der Waals surface area contributed by atoms with E-state index in [4.69, 9.17) is 0 Å². The average molecular weight is 1220 g/mol. The summed E-state index contributed by atoms with van der Waals surface area (Å²) in [6, 6.07) is 10.2. The minimum absolute atomic E-state index is 0.474. The van der Waals surface area contributed by atoms with Crippen LogP contribution in [0.2, 0.25) is 0 Å². The summed E-state index contributed by atoms with van der Waals surface area (Å²) in [6.07, 6.45) is 17.3. The van der Waals surface area contributed by atoms with Gasteiger partial charge < -0.3 is 29.7 Å². The summed E-state index contributed by atoms with van der Waals surface area (Å²) in [4.78, 5) is 10.6. The van der Waals surface area contributed by atoms with Crippen molar-refractivity contribution in [1.82, 2.24) is 54.7 Å². The first-order chi connectivity index (χ1) is 41.0. The fraction of sp³-hybridized carbons (Fsp3) is 0.675. The average Bonchev–Trinajstić information content (AvgIpc) is 4.30. The van der Waals surface area contributed by atoms with E-state index in [1.165, 1.54) is 62.8 Å². The van der Waals surface area contributed by atoms with E-state index < -0.39 is 0 Å². The summed E-state index contributed by atoms with van der Waals surface area (Å²) >= 11 is 0. The van der Waals surface area contributed by atoms with E-state index in [1.807, 2.05) is 31.1 Å². The number of H-pyrrole nitrogens is 3. The Morgan fingerprint density at radius 3 is 1.25 bits per heavy atom. The van der Waals surface area contributed by atoms with Crippen molar-refractivity contribution in [2.45, 2.75) is 299 Å². The Balaban J connectivity index is 0.000000503. The van der Waals surface area contributed by atoms with Crippen LogP contribution in [0.25, 0.3) is 0 Å². The topological polar surface area (TPSA) is 125 Å². The van der Waals surface area contributed by atoms with Gasteiger partial charge >= 0.3 is 0 Å². The fourth-order valence-corrected chi connectivity index (χ4v) is 11.3. The molecule has 0 atom stereocenters. The van der Waals surface area contributed by atoms with Crippen LogP contribution in [0.1, 0.15) is 350 Å². The number of hydrogen-bond acceptors (Lipinski definition) is 5. The molecule has 0 unspecified atom stereocenters. The van der Waals surface area contributed by atoms with Crippen LogP contribution in [-0.2, 0) is 0 Å². The highest BCUT2D eigenvalue weighted by Gasteiger charge is 2.20. The van der Waals surface area contributed by atoms with Gasteiger partial charge in [0.25, 0.3) is 0 Å². The molecule has 5 N–H and O–H groups in total. The summed E-state index contributed by atoms with van der Waals surface area (Å²) < 4.78 is 6.61. The molecule has 6 aromatic heterocycles. The van der Waals surface area contributed by atoms with Crippen LogP contribution in [0.4, 0.5) is 0 Å². The Morgan fingerprint density at radius 1 is 0.420 bits per heavy atom.